The molecule has 0 amide bonds. The molecule has 2 rings (SSSR count). The monoisotopic (exact) mass is 166 g/mol. The normalized spacial score (nSPS) is 29.4. The highest BCUT2D eigenvalue weighted by atomic mass is 15.2. The molecule has 2 fully saturated rings. The smallest absolute Gasteiger partial charge is 0.0992 e. The van der Waals surface area contributed by atoms with Crippen LogP contribution in [0.2, 0.25) is 0 Å². The average molecular weight is 166 g/mol. The van der Waals surface area contributed by atoms with Crippen molar-refractivity contribution in [3.63, 3.8) is 0 Å². The van der Waals surface area contributed by atoms with E-state index in [0.717, 1.165) is 12.4 Å². The van der Waals surface area contributed by atoms with Crippen molar-refractivity contribution in [3.8, 4) is 0 Å². The minimum atomic E-state index is 0.636. The maximum atomic E-state index is 7.96. The fraction of sp³-hybridized carbons (Fsp3) is 0.900. The maximum absolute atomic E-state index is 7.96. The molecule has 1 aliphatic carbocycles. The second kappa shape index (κ2) is 3.08. The molecule has 68 valence electrons. The van der Waals surface area contributed by atoms with Gasteiger partial charge in [0.2, 0.25) is 0 Å². The minimum absolute atomic E-state index is 0.636. The number of hydrogen-bond acceptors (Lipinski definition) is 1. The molecular weight excluding hydrogens is 148 g/mol. The zero-order valence-electron chi connectivity index (χ0n) is 7.84. The molecule has 0 aromatic carbocycles. The van der Waals surface area contributed by atoms with Crippen molar-refractivity contribution in [2.24, 2.45) is 5.92 Å². The second-order valence-corrected chi connectivity index (χ2v) is 4.06. The van der Waals surface area contributed by atoms with E-state index in [-0.39, 0.29) is 0 Å². The Kier molecular flexibility index (Phi) is 2.07. The molecule has 1 aliphatic heterocycles. The molecular formula is C10H18N2. The van der Waals surface area contributed by atoms with Gasteiger partial charge in [-0.15, -0.1) is 0 Å². The molecule has 0 aromatic rings. The Labute approximate surface area is 74.5 Å². The van der Waals surface area contributed by atoms with Crippen LogP contribution in [0.5, 0.6) is 0 Å². The topological polar surface area (TPSA) is 27.1 Å². The van der Waals surface area contributed by atoms with Crippen molar-refractivity contribution in [1.82, 2.24) is 4.90 Å². The van der Waals surface area contributed by atoms with Crippen LogP contribution in [-0.4, -0.2) is 23.3 Å². The quantitative estimate of drug-likeness (QED) is 0.494. The van der Waals surface area contributed by atoms with E-state index >= 15 is 0 Å². The van der Waals surface area contributed by atoms with Crippen molar-refractivity contribution in [3.05, 3.63) is 0 Å². The first-order valence-electron chi connectivity index (χ1n) is 5.18. The molecule has 1 saturated heterocycles. The second-order valence-electron chi connectivity index (χ2n) is 4.06. The van der Waals surface area contributed by atoms with Gasteiger partial charge in [0.1, 0.15) is 0 Å². The summed E-state index contributed by atoms with van der Waals surface area (Å²) in [4.78, 5) is 2.34. The van der Waals surface area contributed by atoms with Crippen LogP contribution < -0.4 is 0 Å². The van der Waals surface area contributed by atoms with Gasteiger partial charge >= 0.3 is 0 Å². The van der Waals surface area contributed by atoms with Crippen molar-refractivity contribution >= 4 is 5.84 Å². The summed E-state index contributed by atoms with van der Waals surface area (Å²) in [6.45, 7) is 3.39. The molecule has 2 heteroatoms. The first-order chi connectivity index (χ1) is 5.83. The lowest BCUT2D eigenvalue weighted by molar-refractivity contribution is 0.368. The Bertz CT molecular complexity index is 184. The summed E-state index contributed by atoms with van der Waals surface area (Å²) in [5, 5.41) is 7.96. The van der Waals surface area contributed by atoms with Gasteiger partial charge in [0.15, 0.2) is 0 Å². The van der Waals surface area contributed by atoms with Gasteiger partial charge in [-0.25, -0.2) is 0 Å². The molecule has 1 N–H and O–H groups in total. The highest BCUT2D eigenvalue weighted by Gasteiger charge is 2.34. The lowest BCUT2D eigenvalue weighted by atomic mass is 10.1. The van der Waals surface area contributed by atoms with E-state index in [1.807, 2.05) is 0 Å². The van der Waals surface area contributed by atoms with Crippen LogP contribution in [0.1, 0.15) is 39.0 Å². The van der Waals surface area contributed by atoms with Crippen LogP contribution >= 0.6 is 0 Å². The van der Waals surface area contributed by atoms with Gasteiger partial charge in [0.25, 0.3) is 0 Å². The van der Waals surface area contributed by atoms with E-state index in [0.29, 0.717) is 12.0 Å². The summed E-state index contributed by atoms with van der Waals surface area (Å²) in [5.74, 6) is 1.58. The molecule has 2 nitrogen and oxygen atoms in total. The predicted molar refractivity (Wildman–Crippen MR) is 50.5 cm³/mol. The third kappa shape index (κ3) is 1.35. The molecule has 2 aliphatic rings. The summed E-state index contributed by atoms with van der Waals surface area (Å²) >= 11 is 0. The van der Waals surface area contributed by atoms with Gasteiger partial charge in [-0.2, -0.15) is 0 Å². The number of nitrogens with one attached hydrogen (secondary N) is 1. The highest BCUT2D eigenvalue weighted by molar-refractivity contribution is 5.84. The zero-order valence-corrected chi connectivity index (χ0v) is 7.84. The van der Waals surface area contributed by atoms with E-state index in [9.17, 15) is 0 Å². The van der Waals surface area contributed by atoms with Crippen molar-refractivity contribution in [1.29, 1.82) is 5.41 Å². The first-order valence-corrected chi connectivity index (χ1v) is 5.18. The van der Waals surface area contributed by atoms with Crippen LogP contribution in [0.25, 0.3) is 0 Å². The fourth-order valence-corrected chi connectivity index (χ4v) is 2.17. The van der Waals surface area contributed by atoms with E-state index in [2.05, 4.69) is 11.8 Å². The van der Waals surface area contributed by atoms with Gasteiger partial charge in [-0.1, -0.05) is 6.92 Å². The Hall–Kier alpha value is -0.530. The molecule has 1 heterocycles. The number of likely N-dealkylation sites (tertiary alicyclic amines) is 1. The molecule has 1 saturated carbocycles. The molecule has 0 bridgehead atoms. The van der Waals surface area contributed by atoms with Gasteiger partial charge in [-0.3, -0.25) is 5.41 Å². The summed E-state index contributed by atoms with van der Waals surface area (Å²) in [6.07, 6.45) is 6.37. The summed E-state index contributed by atoms with van der Waals surface area (Å²) < 4.78 is 0. The lowest BCUT2D eigenvalue weighted by Gasteiger charge is -2.26. The highest BCUT2D eigenvalue weighted by Crippen LogP contribution is 2.34. The standard InChI is InChI=1S/C10H18N2/c1-2-9-4-3-7-12(9)10(11)8-5-6-8/h8-9,11H,2-7H2,1H3. The first kappa shape index (κ1) is 8.09. The van der Waals surface area contributed by atoms with Crippen LogP contribution in [0.15, 0.2) is 0 Å². The summed E-state index contributed by atoms with van der Waals surface area (Å²) in [6, 6.07) is 0.693. The van der Waals surface area contributed by atoms with E-state index in [1.165, 1.54) is 32.1 Å². The number of nitrogens with zero attached hydrogens (tertiary/aromatic N) is 1. The third-order valence-corrected chi connectivity index (χ3v) is 3.12. The summed E-state index contributed by atoms with van der Waals surface area (Å²) in [5.41, 5.74) is 0. The van der Waals surface area contributed by atoms with E-state index < -0.39 is 0 Å². The molecule has 0 spiro atoms. The molecule has 0 aromatic heterocycles. The van der Waals surface area contributed by atoms with Gasteiger partial charge in [0, 0.05) is 18.5 Å². The Morgan fingerprint density at radius 1 is 1.42 bits per heavy atom. The summed E-state index contributed by atoms with van der Waals surface area (Å²) in [7, 11) is 0. The predicted octanol–water partition coefficient (Wildman–Crippen LogP) is 2.25. The maximum Gasteiger partial charge on any atom is 0.0992 e. The number of amidine groups is 1. The lowest BCUT2D eigenvalue weighted by Crippen LogP contribution is -2.35. The van der Waals surface area contributed by atoms with Crippen LogP contribution in [0, 0.1) is 11.3 Å². The molecule has 0 radical (unpaired) electrons. The number of hydrogen-bond donors (Lipinski definition) is 1. The van der Waals surface area contributed by atoms with Gasteiger partial charge in [0.05, 0.1) is 5.84 Å². The number of rotatable bonds is 2. The van der Waals surface area contributed by atoms with Gasteiger partial charge in [-0.05, 0) is 32.1 Å². The molecule has 1 unspecified atom stereocenters. The fourth-order valence-electron chi connectivity index (χ4n) is 2.17. The Balaban J connectivity index is 1.96. The van der Waals surface area contributed by atoms with Crippen molar-refractivity contribution < 1.29 is 0 Å². The van der Waals surface area contributed by atoms with Crippen LogP contribution in [0.3, 0.4) is 0 Å². The van der Waals surface area contributed by atoms with Crippen molar-refractivity contribution in [2.75, 3.05) is 6.54 Å². The molecule has 12 heavy (non-hydrogen) atoms. The third-order valence-electron chi connectivity index (χ3n) is 3.12. The minimum Gasteiger partial charge on any atom is -0.357 e. The SMILES string of the molecule is CCC1CCCN1C(=N)C1CC1. The van der Waals surface area contributed by atoms with Crippen molar-refractivity contribution in [2.45, 2.75) is 45.1 Å². The van der Waals surface area contributed by atoms with E-state index in [1.54, 1.807) is 0 Å². The van der Waals surface area contributed by atoms with Crippen LogP contribution in [0.4, 0.5) is 0 Å². The average Bonchev–Trinajstić information content (AvgIpc) is 2.82. The van der Waals surface area contributed by atoms with Crippen LogP contribution in [-0.2, 0) is 0 Å². The largest absolute Gasteiger partial charge is 0.357 e. The Morgan fingerprint density at radius 2 is 2.17 bits per heavy atom. The zero-order chi connectivity index (χ0) is 8.55. The molecule has 1 atom stereocenters. The van der Waals surface area contributed by atoms with Gasteiger partial charge < -0.3 is 4.90 Å². The Morgan fingerprint density at radius 3 is 2.75 bits per heavy atom. The van der Waals surface area contributed by atoms with E-state index in [4.69, 9.17) is 5.41 Å².